The lowest BCUT2D eigenvalue weighted by molar-refractivity contribution is -0.388. The van der Waals surface area contributed by atoms with Crippen LogP contribution in [0.4, 0.5) is 18.9 Å². The van der Waals surface area contributed by atoms with E-state index in [-0.39, 0.29) is 18.3 Å². The summed E-state index contributed by atoms with van der Waals surface area (Å²) in [6.07, 6.45) is -0.352. The molecule has 0 amide bonds. The smallest absolute Gasteiger partial charge is 0.423 e. The summed E-state index contributed by atoms with van der Waals surface area (Å²) in [5, 5.41) is 11.2. The molecule has 0 heterocycles. The Balaban J connectivity index is 2.02. The Morgan fingerprint density at radius 2 is 1.74 bits per heavy atom. The second kappa shape index (κ2) is 7.98. The van der Waals surface area contributed by atoms with Crippen LogP contribution in [0.5, 0.6) is 5.75 Å². The molecule has 2 aromatic rings. The molecule has 0 radical (unpaired) electrons. The maximum absolute atomic E-state index is 13.4. The summed E-state index contributed by atoms with van der Waals surface area (Å²) < 4.78 is 45.9. The van der Waals surface area contributed by atoms with Crippen molar-refractivity contribution in [2.24, 2.45) is 0 Å². The lowest BCUT2D eigenvalue weighted by Gasteiger charge is -2.25. The van der Waals surface area contributed by atoms with Crippen LogP contribution in [0, 0.1) is 10.1 Å². The van der Waals surface area contributed by atoms with E-state index in [1.165, 1.54) is 0 Å². The normalized spacial score (nSPS) is 15.5. The average Bonchev–Trinajstić information content (AvgIpc) is 2.66. The van der Waals surface area contributed by atoms with Gasteiger partial charge in [0.25, 0.3) is 5.69 Å². The molecule has 0 spiro atoms. The monoisotopic (exact) mass is 379 g/mol. The summed E-state index contributed by atoms with van der Waals surface area (Å²) in [6.45, 7) is 0.142. The molecular formula is C20H20F3NO3. The van der Waals surface area contributed by atoms with Gasteiger partial charge in [-0.2, -0.15) is 13.2 Å². The molecule has 27 heavy (non-hydrogen) atoms. The zero-order valence-electron chi connectivity index (χ0n) is 14.7. The van der Waals surface area contributed by atoms with Crippen molar-refractivity contribution in [3.63, 3.8) is 0 Å². The van der Waals surface area contributed by atoms with Crippen LogP contribution in [0.3, 0.4) is 0 Å². The Labute approximate surface area is 155 Å². The van der Waals surface area contributed by atoms with Crippen LogP contribution in [-0.4, -0.2) is 4.92 Å². The van der Waals surface area contributed by atoms with Gasteiger partial charge in [-0.3, -0.25) is 10.1 Å². The van der Waals surface area contributed by atoms with Crippen LogP contribution in [0.15, 0.2) is 42.5 Å². The van der Waals surface area contributed by atoms with Gasteiger partial charge in [0.2, 0.25) is 0 Å². The summed E-state index contributed by atoms with van der Waals surface area (Å²) in [6, 6.07) is 11.0. The van der Waals surface area contributed by atoms with Gasteiger partial charge < -0.3 is 4.74 Å². The molecule has 0 unspecified atom stereocenters. The van der Waals surface area contributed by atoms with Gasteiger partial charge in [0.05, 0.1) is 11.0 Å². The summed E-state index contributed by atoms with van der Waals surface area (Å²) >= 11 is 0. The number of benzene rings is 2. The first-order valence-corrected chi connectivity index (χ1v) is 8.92. The second-order valence-corrected chi connectivity index (χ2v) is 6.77. The molecule has 1 aliphatic carbocycles. The van der Waals surface area contributed by atoms with Gasteiger partial charge in [0, 0.05) is 0 Å². The van der Waals surface area contributed by atoms with Crippen molar-refractivity contribution in [1.29, 1.82) is 0 Å². The molecular weight excluding hydrogens is 359 g/mol. The first-order valence-electron chi connectivity index (χ1n) is 8.92. The molecule has 0 saturated heterocycles. The lowest BCUT2D eigenvalue weighted by atomic mass is 9.83. The van der Waals surface area contributed by atoms with E-state index in [0.29, 0.717) is 5.56 Å². The fraction of sp³-hybridized carbons (Fsp3) is 0.400. The van der Waals surface area contributed by atoms with E-state index in [0.717, 1.165) is 49.8 Å². The van der Waals surface area contributed by atoms with Crippen molar-refractivity contribution in [2.45, 2.75) is 50.8 Å². The van der Waals surface area contributed by atoms with E-state index < -0.39 is 22.4 Å². The molecule has 4 nitrogen and oxygen atoms in total. The molecule has 144 valence electrons. The van der Waals surface area contributed by atoms with E-state index in [2.05, 4.69) is 0 Å². The van der Waals surface area contributed by atoms with Crippen LogP contribution in [0.25, 0.3) is 0 Å². The highest BCUT2D eigenvalue weighted by molar-refractivity contribution is 5.53. The third-order valence-corrected chi connectivity index (χ3v) is 4.91. The average molecular weight is 379 g/mol. The first kappa shape index (κ1) is 19.2. The zero-order chi connectivity index (χ0) is 19.4. The zero-order valence-corrected chi connectivity index (χ0v) is 14.7. The molecule has 0 aliphatic heterocycles. The van der Waals surface area contributed by atoms with E-state index in [4.69, 9.17) is 4.74 Å². The summed E-state index contributed by atoms with van der Waals surface area (Å²) in [7, 11) is 0. The van der Waals surface area contributed by atoms with Crippen molar-refractivity contribution in [3.8, 4) is 5.75 Å². The molecule has 0 bridgehead atoms. The highest BCUT2D eigenvalue weighted by Crippen LogP contribution is 2.45. The number of hydrogen-bond acceptors (Lipinski definition) is 3. The number of nitro groups is 1. The van der Waals surface area contributed by atoms with Gasteiger partial charge in [-0.25, -0.2) is 0 Å². The third kappa shape index (κ3) is 4.59. The summed E-state index contributed by atoms with van der Waals surface area (Å²) in [4.78, 5) is 10.2. The van der Waals surface area contributed by atoms with Crippen molar-refractivity contribution in [1.82, 2.24) is 0 Å². The molecule has 0 atom stereocenters. The van der Waals surface area contributed by atoms with Crippen LogP contribution < -0.4 is 4.74 Å². The SMILES string of the molecule is O=[N+]([O-])c1cc(OCc2ccccc2)c(C2CCCCC2)cc1C(F)(F)F. The standard InChI is InChI=1S/C20H20F3NO3/c21-20(22,23)17-11-16(15-9-5-2-6-10-15)19(12-18(17)24(25)26)27-13-14-7-3-1-4-8-14/h1,3-4,7-8,11-12,15H,2,5-6,9-10,13H2. The van der Waals surface area contributed by atoms with Crippen LogP contribution >= 0.6 is 0 Å². The quantitative estimate of drug-likeness (QED) is 0.456. The Bertz CT molecular complexity index is 800. The number of hydrogen-bond donors (Lipinski definition) is 0. The van der Waals surface area contributed by atoms with Gasteiger partial charge in [-0.1, -0.05) is 49.6 Å². The number of rotatable bonds is 5. The molecule has 0 N–H and O–H groups in total. The van der Waals surface area contributed by atoms with Crippen molar-refractivity contribution in [2.75, 3.05) is 0 Å². The Morgan fingerprint density at radius 3 is 2.33 bits per heavy atom. The molecule has 1 fully saturated rings. The van der Waals surface area contributed by atoms with Crippen molar-refractivity contribution < 1.29 is 22.8 Å². The largest absolute Gasteiger partial charge is 0.488 e. The maximum Gasteiger partial charge on any atom is 0.423 e. The topological polar surface area (TPSA) is 52.4 Å². The van der Waals surface area contributed by atoms with E-state index in [1.807, 2.05) is 30.3 Å². The maximum atomic E-state index is 13.4. The van der Waals surface area contributed by atoms with Gasteiger partial charge in [0.15, 0.2) is 0 Å². The van der Waals surface area contributed by atoms with Crippen LogP contribution in [-0.2, 0) is 12.8 Å². The molecule has 1 saturated carbocycles. The second-order valence-electron chi connectivity index (χ2n) is 6.77. The summed E-state index contributed by atoms with van der Waals surface area (Å²) in [5.41, 5.74) is -0.913. The molecule has 3 rings (SSSR count). The number of ether oxygens (including phenoxy) is 1. The Morgan fingerprint density at radius 1 is 1.07 bits per heavy atom. The molecule has 7 heteroatoms. The molecule has 1 aliphatic rings. The minimum absolute atomic E-state index is 0.0774. The predicted octanol–water partition coefficient (Wildman–Crippen LogP) is 6.24. The van der Waals surface area contributed by atoms with Crippen molar-refractivity contribution >= 4 is 5.69 Å². The number of halogens is 3. The Hall–Kier alpha value is -2.57. The van der Waals surface area contributed by atoms with Crippen LogP contribution in [0.1, 0.15) is 54.7 Å². The number of alkyl halides is 3. The molecule has 0 aromatic heterocycles. The number of nitro benzene ring substituents is 1. The van der Waals surface area contributed by atoms with Gasteiger partial charge in [-0.15, -0.1) is 0 Å². The summed E-state index contributed by atoms with van der Waals surface area (Å²) in [5.74, 6) is 0.0943. The predicted molar refractivity (Wildman–Crippen MR) is 94.7 cm³/mol. The highest BCUT2D eigenvalue weighted by Gasteiger charge is 2.40. The van der Waals surface area contributed by atoms with Gasteiger partial charge in [0.1, 0.15) is 17.9 Å². The highest BCUT2D eigenvalue weighted by atomic mass is 19.4. The van der Waals surface area contributed by atoms with E-state index in [9.17, 15) is 23.3 Å². The fourth-order valence-corrected chi connectivity index (χ4v) is 3.56. The minimum Gasteiger partial charge on any atom is -0.488 e. The molecule has 2 aromatic carbocycles. The lowest BCUT2D eigenvalue weighted by Crippen LogP contribution is -2.13. The van der Waals surface area contributed by atoms with Gasteiger partial charge in [-0.05, 0) is 36.0 Å². The van der Waals surface area contributed by atoms with Crippen LogP contribution in [0.2, 0.25) is 0 Å². The number of nitrogens with zero attached hydrogens (tertiary/aromatic N) is 1. The van der Waals surface area contributed by atoms with E-state index >= 15 is 0 Å². The minimum atomic E-state index is -4.79. The van der Waals surface area contributed by atoms with Crippen molar-refractivity contribution in [3.05, 3.63) is 69.3 Å². The van der Waals surface area contributed by atoms with E-state index in [1.54, 1.807) is 0 Å². The third-order valence-electron chi connectivity index (χ3n) is 4.91. The first-order chi connectivity index (χ1) is 12.9. The Kier molecular flexibility index (Phi) is 5.68. The fourth-order valence-electron chi connectivity index (χ4n) is 3.56. The van der Waals surface area contributed by atoms with Gasteiger partial charge >= 0.3 is 6.18 Å².